The normalized spacial score (nSPS) is 16.7. The molecule has 0 unspecified atom stereocenters. The fourth-order valence-electron chi connectivity index (χ4n) is 3.05. The number of ether oxygens (including phenoxy) is 1. The second-order valence-electron chi connectivity index (χ2n) is 6.40. The Morgan fingerprint density at radius 3 is 2.70 bits per heavy atom. The first kappa shape index (κ1) is 16.4. The third kappa shape index (κ3) is 4.30. The Morgan fingerprint density at radius 1 is 1.26 bits per heavy atom. The molecule has 4 nitrogen and oxygen atoms in total. The maximum atomic E-state index is 5.91. The van der Waals surface area contributed by atoms with Crippen molar-refractivity contribution in [1.82, 2.24) is 14.9 Å². The van der Waals surface area contributed by atoms with Gasteiger partial charge in [-0.3, -0.25) is 4.90 Å². The van der Waals surface area contributed by atoms with Gasteiger partial charge in [-0.05, 0) is 58.7 Å². The Bertz CT molecular complexity index is 647. The van der Waals surface area contributed by atoms with Crippen molar-refractivity contribution < 1.29 is 4.74 Å². The number of hydrogen-bond acceptors (Lipinski definition) is 5. The van der Waals surface area contributed by atoms with Crippen LogP contribution in [0.4, 0.5) is 0 Å². The highest BCUT2D eigenvalue weighted by molar-refractivity contribution is 7.11. The number of aryl methyl sites for hydroxylation is 3. The predicted molar refractivity (Wildman–Crippen MR) is 94.1 cm³/mol. The Labute approximate surface area is 142 Å². The zero-order valence-corrected chi connectivity index (χ0v) is 15.0. The van der Waals surface area contributed by atoms with E-state index in [0.717, 1.165) is 37.7 Å². The molecule has 0 aromatic carbocycles. The Hall–Kier alpha value is -1.46. The van der Waals surface area contributed by atoms with Crippen LogP contribution >= 0.6 is 11.3 Å². The van der Waals surface area contributed by atoms with Crippen molar-refractivity contribution in [3.63, 3.8) is 0 Å². The average Bonchev–Trinajstić information content (AvgIpc) is 2.85. The third-order valence-electron chi connectivity index (χ3n) is 4.49. The van der Waals surface area contributed by atoms with Gasteiger partial charge >= 0.3 is 0 Å². The van der Waals surface area contributed by atoms with Crippen LogP contribution in [0.1, 0.15) is 34.0 Å². The van der Waals surface area contributed by atoms with Crippen molar-refractivity contribution in [2.45, 2.75) is 40.2 Å². The number of rotatable bonds is 5. The molecule has 124 valence electrons. The highest BCUT2D eigenvalue weighted by Gasteiger charge is 2.21. The summed E-state index contributed by atoms with van der Waals surface area (Å²) in [5.41, 5.74) is 2.31. The van der Waals surface area contributed by atoms with Crippen LogP contribution in [-0.4, -0.2) is 34.6 Å². The molecule has 1 aliphatic heterocycles. The maximum absolute atomic E-state index is 5.91. The predicted octanol–water partition coefficient (Wildman–Crippen LogP) is 3.75. The summed E-state index contributed by atoms with van der Waals surface area (Å²) < 4.78 is 5.91. The summed E-state index contributed by atoms with van der Waals surface area (Å²) in [5.74, 6) is 1.42. The molecule has 23 heavy (non-hydrogen) atoms. The summed E-state index contributed by atoms with van der Waals surface area (Å²) >= 11 is 1.83. The van der Waals surface area contributed by atoms with E-state index in [1.807, 2.05) is 30.4 Å². The number of piperidine rings is 1. The van der Waals surface area contributed by atoms with Gasteiger partial charge in [0.25, 0.3) is 0 Å². The summed E-state index contributed by atoms with van der Waals surface area (Å²) in [6.45, 7) is 10.4. The monoisotopic (exact) mass is 331 g/mol. The van der Waals surface area contributed by atoms with Crippen molar-refractivity contribution in [2.75, 3.05) is 19.7 Å². The van der Waals surface area contributed by atoms with E-state index >= 15 is 0 Å². The standard InChI is InChI=1S/C18H25N3OS/c1-13-5-4-8-19-18(13)22-12-16-6-9-21(10-7-16)11-17-14(2)20-15(3)23-17/h4-5,8,16H,6-7,9-12H2,1-3H3. The van der Waals surface area contributed by atoms with Crippen LogP contribution in [0.3, 0.4) is 0 Å². The van der Waals surface area contributed by atoms with Crippen molar-refractivity contribution in [1.29, 1.82) is 0 Å². The Kier molecular flexibility index (Phi) is 5.28. The lowest BCUT2D eigenvalue weighted by molar-refractivity contribution is 0.135. The molecule has 1 fully saturated rings. The van der Waals surface area contributed by atoms with Crippen molar-refractivity contribution in [2.24, 2.45) is 5.92 Å². The van der Waals surface area contributed by atoms with Gasteiger partial charge in [0, 0.05) is 23.2 Å². The van der Waals surface area contributed by atoms with Crippen LogP contribution < -0.4 is 4.74 Å². The minimum Gasteiger partial charge on any atom is -0.477 e. The first-order valence-electron chi connectivity index (χ1n) is 8.31. The Balaban J connectivity index is 1.45. The molecule has 1 saturated heterocycles. The van der Waals surface area contributed by atoms with Crippen LogP contribution in [0.15, 0.2) is 18.3 Å². The number of hydrogen-bond donors (Lipinski definition) is 0. The summed E-state index contributed by atoms with van der Waals surface area (Å²) in [5, 5.41) is 1.17. The second kappa shape index (κ2) is 7.41. The molecule has 0 spiro atoms. The van der Waals surface area contributed by atoms with Gasteiger partial charge in [-0.1, -0.05) is 6.07 Å². The summed E-state index contributed by atoms with van der Waals surface area (Å²) in [6, 6.07) is 3.99. The van der Waals surface area contributed by atoms with Crippen LogP contribution in [0.2, 0.25) is 0 Å². The first-order chi connectivity index (χ1) is 11.1. The SMILES string of the molecule is Cc1nc(C)c(CN2CCC(COc3ncccc3C)CC2)s1. The highest BCUT2D eigenvalue weighted by Crippen LogP contribution is 2.24. The van der Waals surface area contributed by atoms with E-state index in [1.54, 1.807) is 6.20 Å². The number of nitrogens with zero attached hydrogens (tertiary/aromatic N) is 3. The quantitative estimate of drug-likeness (QED) is 0.836. The molecule has 0 amide bonds. The molecular formula is C18H25N3OS. The molecular weight excluding hydrogens is 306 g/mol. The first-order valence-corrected chi connectivity index (χ1v) is 9.13. The molecule has 3 heterocycles. The lowest BCUT2D eigenvalue weighted by Gasteiger charge is -2.31. The van der Waals surface area contributed by atoms with Gasteiger partial charge in [-0.15, -0.1) is 11.3 Å². The van der Waals surface area contributed by atoms with Crippen molar-refractivity contribution >= 4 is 11.3 Å². The molecule has 0 atom stereocenters. The lowest BCUT2D eigenvalue weighted by Crippen LogP contribution is -2.35. The number of thiazole rings is 1. The number of pyridine rings is 1. The molecule has 2 aromatic rings. The van der Waals surface area contributed by atoms with Gasteiger partial charge in [0.1, 0.15) is 0 Å². The van der Waals surface area contributed by atoms with E-state index in [1.165, 1.54) is 28.4 Å². The molecule has 3 rings (SSSR count). The van der Waals surface area contributed by atoms with Gasteiger partial charge in [-0.25, -0.2) is 9.97 Å². The van der Waals surface area contributed by atoms with Crippen LogP contribution in [0, 0.1) is 26.7 Å². The number of likely N-dealkylation sites (tertiary alicyclic amines) is 1. The van der Waals surface area contributed by atoms with E-state index in [9.17, 15) is 0 Å². The van der Waals surface area contributed by atoms with Crippen molar-refractivity contribution in [3.05, 3.63) is 39.5 Å². The molecule has 0 radical (unpaired) electrons. The van der Waals surface area contributed by atoms with E-state index in [2.05, 4.69) is 28.7 Å². The van der Waals surface area contributed by atoms with Crippen LogP contribution in [0.25, 0.3) is 0 Å². The maximum Gasteiger partial charge on any atom is 0.216 e. The minimum atomic E-state index is 0.636. The molecule has 5 heteroatoms. The van der Waals surface area contributed by atoms with Gasteiger partial charge in [0.2, 0.25) is 5.88 Å². The summed E-state index contributed by atoms with van der Waals surface area (Å²) in [7, 11) is 0. The van der Waals surface area contributed by atoms with Gasteiger partial charge in [0.15, 0.2) is 0 Å². The topological polar surface area (TPSA) is 38.2 Å². The molecule has 0 saturated carbocycles. The largest absolute Gasteiger partial charge is 0.477 e. The summed E-state index contributed by atoms with van der Waals surface area (Å²) in [6.07, 6.45) is 4.19. The molecule has 0 aliphatic carbocycles. The van der Waals surface area contributed by atoms with E-state index < -0.39 is 0 Å². The molecule has 0 bridgehead atoms. The van der Waals surface area contributed by atoms with Crippen molar-refractivity contribution in [3.8, 4) is 5.88 Å². The Morgan fingerprint density at radius 2 is 2.04 bits per heavy atom. The molecule has 0 N–H and O–H groups in total. The van der Waals surface area contributed by atoms with E-state index in [-0.39, 0.29) is 0 Å². The zero-order valence-electron chi connectivity index (χ0n) is 14.2. The highest BCUT2D eigenvalue weighted by atomic mass is 32.1. The average molecular weight is 331 g/mol. The van der Waals surface area contributed by atoms with Gasteiger partial charge < -0.3 is 4.74 Å². The second-order valence-corrected chi connectivity index (χ2v) is 7.69. The molecule has 1 aliphatic rings. The van der Waals surface area contributed by atoms with Crippen LogP contribution in [-0.2, 0) is 6.54 Å². The smallest absolute Gasteiger partial charge is 0.216 e. The minimum absolute atomic E-state index is 0.636. The van der Waals surface area contributed by atoms with Crippen LogP contribution in [0.5, 0.6) is 5.88 Å². The van der Waals surface area contributed by atoms with Gasteiger partial charge in [-0.2, -0.15) is 0 Å². The fourth-order valence-corrected chi connectivity index (χ4v) is 4.03. The third-order valence-corrected chi connectivity index (χ3v) is 5.55. The zero-order chi connectivity index (χ0) is 16.2. The summed E-state index contributed by atoms with van der Waals surface area (Å²) in [4.78, 5) is 12.8. The fraction of sp³-hybridized carbons (Fsp3) is 0.556. The molecule has 2 aromatic heterocycles. The lowest BCUT2D eigenvalue weighted by atomic mass is 9.98. The number of aromatic nitrogens is 2. The van der Waals surface area contributed by atoms with E-state index in [0.29, 0.717) is 5.92 Å². The van der Waals surface area contributed by atoms with E-state index in [4.69, 9.17) is 4.74 Å². The van der Waals surface area contributed by atoms with Gasteiger partial charge in [0.05, 0.1) is 17.3 Å².